The van der Waals surface area contributed by atoms with Crippen LogP contribution in [0.4, 0.5) is 0 Å². The first-order valence-corrected chi connectivity index (χ1v) is 5.05. The van der Waals surface area contributed by atoms with Crippen LogP contribution in [0.25, 0.3) is 0 Å². The molecule has 0 aromatic heterocycles. The molecule has 0 aromatic rings. The fourth-order valence-electron chi connectivity index (χ4n) is 2.44. The molecule has 0 saturated heterocycles. The molecule has 11 heavy (non-hydrogen) atoms. The molecule has 1 rings (SSSR count). The summed E-state index contributed by atoms with van der Waals surface area (Å²) in [5, 5.41) is 0. The van der Waals surface area contributed by atoms with Gasteiger partial charge in [-0.15, -0.1) is 0 Å². The van der Waals surface area contributed by atoms with Gasteiger partial charge >= 0.3 is 0 Å². The van der Waals surface area contributed by atoms with Crippen molar-refractivity contribution < 1.29 is 0 Å². The van der Waals surface area contributed by atoms with Gasteiger partial charge in [-0.25, -0.2) is 0 Å². The Kier molecular flexibility index (Phi) is 3.38. The van der Waals surface area contributed by atoms with Crippen molar-refractivity contribution in [3.8, 4) is 0 Å². The van der Waals surface area contributed by atoms with E-state index in [-0.39, 0.29) is 0 Å². The van der Waals surface area contributed by atoms with Gasteiger partial charge in [0, 0.05) is 6.04 Å². The maximum absolute atomic E-state index is 6.04. The van der Waals surface area contributed by atoms with Crippen LogP contribution >= 0.6 is 0 Å². The molecule has 0 spiro atoms. The van der Waals surface area contributed by atoms with Gasteiger partial charge in [0.2, 0.25) is 0 Å². The van der Waals surface area contributed by atoms with Crippen molar-refractivity contribution in [2.45, 2.75) is 52.0 Å². The maximum Gasteiger partial charge on any atom is 0.00671 e. The van der Waals surface area contributed by atoms with E-state index < -0.39 is 0 Å². The van der Waals surface area contributed by atoms with Crippen LogP contribution < -0.4 is 5.73 Å². The van der Waals surface area contributed by atoms with Crippen molar-refractivity contribution in [2.75, 3.05) is 0 Å². The van der Waals surface area contributed by atoms with Crippen molar-refractivity contribution in [1.82, 2.24) is 0 Å². The molecule has 1 aliphatic carbocycles. The molecule has 2 N–H and O–H groups in total. The molecular weight excluding hydrogens is 134 g/mol. The smallest absolute Gasteiger partial charge is 0.00671 e. The molecule has 0 heterocycles. The zero-order valence-electron chi connectivity index (χ0n) is 7.84. The van der Waals surface area contributed by atoms with Crippen molar-refractivity contribution >= 4 is 0 Å². The van der Waals surface area contributed by atoms with E-state index in [1.54, 1.807) is 0 Å². The largest absolute Gasteiger partial charge is 0.327 e. The summed E-state index contributed by atoms with van der Waals surface area (Å²) in [6.07, 6.45) is 6.71. The highest BCUT2D eigenvalue weighted by atomic mass is 14.7. The second-order valence-electron chi connectivity index (χ2n) is 3.84. The van der Waals surface area contributed by atoms with Crippen LogP contribution in [0.15, 0.2) is 0 Å². The van der Waals surface area contributed by atoms with Crippen molar-refractivity contribution in [1.29, 1.82) is 0 Å². The summed E-state index contributed by atoms with van der Waals surface area (Å²) >= 11 is 0. The van der Waals surface area contributed by atoms with Gasteiger partial charge in [0.05, 0.1) is 0 Å². The van der Waals surface area contributed by atoms with Crippen LogP contribution in [0.1, 0.15) is 46.0 Å². The molecule has 3 atom stereocenters. The minimum atomic E-state index is 0.474. The molecule has 1 heteroatoms. The van der Waals surface area contributed by atoms with E-state index in [9.17, 15) is 0 Å². The summed E-state index contributed by atoms with van der Waals surface area (Å²) in [6, 6.07) is 0.474. The average molecular weight is 155 g/mol. The van der Waals surface area contributed by atoms with E-state index in [0.29, 0.717) is 6.04 Å². The van der Waals surface area contributed by atoms with Crippen LogP contribution in [-0.2, 0) is 0 Å². The minimum absolute atomic E-state index is 0.474. The lowest BCUT2D eigenvalue weighted by Gasteiger charge is -2.23. The van der Waals surface area contributed by atoms with Gasteiger partial charge < -0.3 is 5.73 Å². The summed E-state index contributed by atoms with van der Waals surface area (Å²) in [7, 11) is 0. The van der Waals surface area contributed by atoms with Crippen LogP contribution in [0, 0.1) is 11.8 Å². The maximum atomic E-state index is 6.04. The first kappa shape index (κ1) is 9.05. The van der Waals surface area contributed by atoms with Gasteiger partial charge in [0.25, 0.3) is 0 Å². The quantitative estimate of drug-likeness (QED) is 0.666. The molecule has 0 aliphatic heterocycles. The molecule has 0 radical (unpaired) electrons. The second kappa shape index (κ2) is 4.10. The molecule has 1 saturated carbocycles. The Labute approximate surface area is 70.4 Å². The lowest BCUT2D eigenvalue weighted by atomic mass is 9.86. The average Bonchev–Trinajstić information content (AvgIpc) is 2.50. The van der Waals surface area contributed by atoms with Gasteiger partial charge in [-0.3, -0.25) is 0 Å². The van der Waals surface area contributed by atoms with Gasteiger partial charge in [0.1, 0.15) is 0 Å². The Bertz CT molecular complexity index is 111. The number of hydrogen-bond acceptors (Lipinski definition) is 1. The van der Waals surface area contributed by atoms with Gasteiger partial charge in [-0.1, -0.05) is 33.1 Å². The van der Waals surface area contributed by atoms with Crippen molar-refractivity contribution in [3.05, 3.63) is 0 Å². The first-order valence-electron chi connectivity index (χ1n) is 5.05. The second-order valence-corrected chi connectivity index (χ2v) is 3.84. The molecule has 0 aromatic carbocycles. The normalized spacial score (nSPS) is 34.1. The van der Waals surface area contributed by atoms with Gasteiger partial charge in [0.15, 0.2) is 0 Å². The molecule has 1 fully saturated rings. The monoisotopic (exact) mass is 155 g/mol. The Morgan fingerprint density at radius 3 is 2.64 bits per heavy atom. The molecule has 2 unspecified atom stereocenters. The Balaban J connectivity index is 2.42. The van der Waals surface area contributed by atoms with Gasteiger partial charge in [-0.2, -0.15) is 0 Å². The van der Waals surface area contributed by atoms with Crippen LogP contribution in [-0.4, -0.2) is 6.04 Å². The highest BCUT2D eigenvalue weighted by Gasteiger charge is 2.29. The lowest BCUT2D eigenvalue weighted by Crippen LogP contribution is -2.31. The molecule has 0 amide bonds. The summed E-state index contributed by atoms with van der Waals surface area (Å²) in [5.41, 5.74) is 6.04. The third-order valence-electron chi connectivity index (χ3n) is 3.26. The standard InChI is InChI=1S/C10H21N/c1-3-8-6-5-7-9(8)10(11)4-2/h8-10H,3-7,11H2,1-2H3/t8?,9?,10-/m1/s1. The number of nitrogens with two attached hydrogens (primary N) is 1. The van der Waals surface area contributed by atoms with E-state index in [2.05, 4.69) is 13.8 Å². The van der Waals surface area contributed by atoms with E-state index in [0.717, 1.165) is 18.3 Å². The van der Waals surface area contributed by atoms with Crippen LogP contribution in [0.2, 0.25) is 0 Å². The zero-order chi connectivity index (χ0) is 8.27. The molecule has 1 nitrogen and oxygen atoms in total. The summed E-state index contributed by atoms with van der Waals surface area (Å²) < 4.78 is 0. The number of hydrogen-bond donors (Lipinski definition) is 1. The van der Waals surface area contributed by atoms with Crippen molar-refractivity contribution in [3.63, 3.8) is 0 Å². The Hall–Kier alpha value is -0.0400. The SMILES string of the molecule is CCC1CCCC1[C@H](N)CC. The Morgan fingerprint density at radius 2 is 2.09 bits per heavy atom. The molecule has 1 aliphatic rings. The van der Waals surface area contributed by atoms with Crippen molar-refractivity contribution in [2.24, 2.45) is 17.6 Å². The first-order chi connectivity index (χ1) is 5.29. The predicted molar refractivity (Wildman–Crippen MR) is 49.4 cm³/mol. The molecule has 0 bridgehead atoms. The highest BCUT2D eigenvalue weighted by Crippen LogP contribution is 2.36. The Morgan fingerprint density at radius 1 is 1.36 bits per heavy atom. The summed E-state index contributed by atoms with van der Waals surface area (Å²) in [5.74, 6) is 1.77. The van der Waals surface area contributed by atoms with Gasteiger partial charge in [-0.05, 0) is 24.7 Å². The highest BCUT2D eigenvalue weighted by molar-refractivity contribution is 4.83. The number of rotatable bonds is 3. The third kappa shape index (κ3) is 1.96. The zero-order valence-corrected chi connectivity index (χ0v) is 7.84. The fourth-order valence-corrected chi connectivity index (χ4v) is 2.44. The molecular formula is C10H21N. The summed E-state index contributed by atoms with van der Waals surface area (Å²) in [4.78, 5) is 0. The van der Waals surface area contributed by atoms with Crippen LogP contribution in [0.5, 0.6) is 0 Å². The fraction of sp³-hybridized carbons (Fsp3) is 1.00. The van der Waals surface area contributed by atoms with E-state index in [1.165, 1.54) is 25.7 Å². The van der Waals surface area contributed by atoms with E-state index in [4.69, 9.17) is 5.73 Å². The van der Waals surface area contributed by atoms with Crippen LogP contribution in [0.3, 0.4) is 0 Å². The summed E-state index contributed by atoms with van der Waals surface area (Å²) in [6.45, 7) is 4.50. The molecule has 66 valence electrons. The van der Waals surface area contributed by atoms with E-state index >= 15 is 0 Å². The topological polar surface area (TPSA) is 26.0 Å². The minimum Gasteiger partial charge on any atom is -0.327 e. The third-order valence-corrected chi connectivity index (χ3v) is 3.26. The lowest BCUT2D eigenvalue weighted by molar-refractivity contribution is 0.311. The van der Waals surface area contributed by atoms with E-state index in [1.807, 2.05) is 0 Å². The predicted octanol–water partition coefficient (Wildman–Crippen LogP) is 2.55.